The number of nitriles is 1. The molecule has 2 heterocycles. The highest BCUT2D eigenvalue weighted by molar-refractivity contribution is 6.08. The van der Waals surface area contributed by atoms with Crippen molar-refractivity contribution in [3.63, 3.8) is 0 Å². The molecule has 7 heteroatoms. The van der Waals surface area contributed by atoms with Gasteiger partial charge in [-0.05, 0) is 29.3 Å². The van der Waals surface area contributed by atoms with Crippen molar-refractivity contribution in [3.05, 3.63) is 77.5 Å². The number of aromatic nitrogens is 1. The van der Waals surface area contributed by atoms with Crippen LogP contribution in [0, 0.1) is 11.3 Å². The highest BCUT2D eigenvalue weighted by atomic mass is 19.3. The SMILES string of the molecule is N#C[C@@H]1CC(F)(F)CN1C(=O)CCC(=O)c1ccnc2ccc(/C=C/c3ccccc3)cc12. The van der Waals surface area contributed by atoms with Crippen molar-refractivity contribution >= 4 is 34.7 Å². The van der Waals surface area contributed by atoms with Gasteiger partial charge in [-0.25, -0.2) is 8.78 Å². The first-order valence-corrected chi connectivity index (χ1v) is 10.6. The predicted octanol–water partition coefficient (Wildman–Crippen LogP) is 5.13. The summed E-state index contributed by atoms with van der Waals surface area (Å²) < 4.78 is 27.2. The molecule has 0 bridgehead atoms. The van der Waals surface area contributed by atoms with Crippen LogP contribution in [0.2, 0.25) is 0 Å². The summed E-state index contributed by atoms with van der Waals surface area (Å²) >= 11 is 0. The molecule has 1 aliphatic heterocycles. The molecule has 5 nitrogen and oxygen atoms in total. The molecule has 1 fully saturated rings. The molecule has 0 aliphatic carbocycles. The number of Topliss-reactive ketones (excluding diaryl/α,β-unsaturated/α-hetero) is 1. The highest BCUT2D eigenvalue weighted by Gasteiger charge is 2.47. The van der Waals surface area contributed by atoms with E-state index in [9.17, 15) is 18.4 Å². The second-order valence-electron chi connectivity index (χ2n) is 8.03. The molecule has 0 spiro atoms. The van der Waals surface area contributed by atoms with Crippen molar-refractivity contribution < 1.29 is 18.4 Å². The fourth-order valence-electron chi connectivity index (χ4n) is 3.96. The normalized spacial score (nSPS) is 17.4. The number of nitrogens with zero attached hydrogens (tertiary/aromatic N) is 3. The van der Waals surface area contributed by atoms with Gasteiger partial charge in [0, 0.05) is 36.4 Å². The topological polar surface area (TPSA) is 74.1 Å². The van der Waals surface area contributed by atoms with Gasteiger partial charge in [0.2, 0.25) is 5.91 Å². The van der Waals surface area contributed by atoms with E-state index in [0.29, 0.717) is 16.5 Å². The number of alkyl halides is 2. The van der Waals surface area contributed by atoms with Crippen molar-refractivity contribution in [2.75, 3.05) is 6.54 Å². The standard InChI is InChI=1S/C26H21F2N3O2/c27-26(28)15-20(16-29)31(17-26)25(33)11-10-24(32)21-12-13-30-23-9-8-19(14-22(21)23)7-6-18-4-2-1-3-5-18/h1-9,12-14,20H,10-11,15,17H2/b7-6+/t20-/m0/s1. The van der Waals surface area contributed by atoms with Crippen LogP contribution in [0.1, 0.15) is 40.7 Å². The van der Waals surface area contributed by atoms with Gasteiger partial charge in [-0.15, -0.1) is 0 Å². The molecule has 33 heavy (non-hydrogen) atoms. The van der Waals surface area contributed by atoms with E-state index in [4.69, 9.17) is 5.26 Å². The Labute approximate surface area is 190 Å². The van der Waals surface area contributed by atoms with Crippen molar-refractivity contribution in [1.82, 2.24) is 9.88 Å². The third-order valence-corrected chi connectivity index (χ3v) is 5.64. The zero-order valence-electron chi connectivity index (χ0n) is 17.7. The molecular formula is C26H21F2N3O2. The Balaban J connectivity index is 1.50. The zero-order valence-corrected chi connectivity index (χ0v) is 17.7. The van der Waals surface area contributed by atoms with Crippen LogP contribution in [-0.2, 0) is 4.79 Å². The molecule has 0 unspecified atom stereocenters. The summed E-state index contributed by atoms with van der Waals surface area (Å²) in [5.74, 6) is -3.97. The number of fused-ring (bicyclic) bond motifs is 1. The Morgan fingerprint density at radius 2 is 1.85 bits per heavy atom. The summed E-state index contributed by atoms with van der Waals surface area (Å²) in [6.45, 7) is -0.784. The van der Waals surface area contributed by atoms with Crippen LogP contribution in [0.3, 0.4) is 0 Å². The summed E-state index contributed by atoms with van der Waals surface area (Å²) in [5, 5.41) is 9.74. The lowest BCUT2D eigenvalue weighted by atomic mass is 10.00. The Morgan fingerprint density at radius 3 is 2.61 bits per heavy atom. The van der Waals surface area contributed by atoms with Gasteiger partial charge in [-0.1, -0.05) is 48.6 Å². The maximum Gasteiger partial charge on any atom is 0.268 e. The Kier molecular flexibility index (Phi) is 6.27. The van der Waals surface area contributed by atoms with E-state index in [1.807, 2.05) is 60.7 Å². The first kappa shape index (κ1) is 22.3. The van der Waals surface area contributed by atoms with Gasteiger partial charge in [-0.3, -0.25) is 14.6 Å². The lowest BCUT2D eigenvalue weighted by molar-refractivity contribution is -0.132. The Morgan fingerprint density at radius 1 is 1.09 bits per heavy atom. The van der Waals surface area contributed by atoms with E-state index in [-0.39, 0.29) is 18.6 Å². The smallest absolute Gasteiger partial charge is 0.268 e. The summed E-state index contributed by atoms with van der Waals surface area (Å²) in [5.41, 5.74) is 3.00. The average molecular weight is 445 g/mol. The number of carbonyl (C=O) groups excluding carboxylic acids is 2. The first-order chi connectivity index (χ1) is 15.9. The van der Waals surface area contributed by atoms with E-state index in [1.54, 1.807) is 12.1 Å². The van der Waals surface area contributed by atoms with Gasteiger partial charge in [0.05, 0.1) is 18.1 Å². The van der Waals surface area contributed by atoms with Crippen molar-refractivity contribution in [2.24, 2.45) is 0 Å². The van der Waals surface area contributed by atoms with Gasteiger partial charge in [0.25, 0.3) is 5.92 Å². The van der Waals surface area contributed by atoms with E-state index >= 15 is 0 Å². The molecule has 1 aliphatic rings. The molecule has 1 saturated heterocycles. The molecule has 1 atom stereocenters. The number of likely N-dealkylation sites (tertiary alicyclic amines) is 1. The molecule has 1 amide bonds. The van der Waals surface area contributed by atoms with Crippen molar-refractivity contribution in [1.29, 1.82) is 5.26 Å². The summed E-state index contributed by atoms with van der Waals surface area (Å²) in [7, 11) is 0. The van der Waals surface area contributed by atoms with E-state index in [2.05, 4.69) is 4.98 Å². The lowest BCUT2D eigenvalue weighted by Crippen LogP contribution is -2.36. The number of hydrogen-bond donors (Lipinski definition) is 0. The van der Waals surface area contributed by atoms with E-state index < -0.39 is 30.8 Å². The number of halogens is 2. The van der Waals surface area contributed by atoms with Crippen LogP contribution in [0.5, 0.6) is 0 Å². The molecule has 0 N–H and O–H groups in total. The molecule has 166 valence electrons. The van der Waals surface area contributed by atoms with Crippen molar-refractivity contribution in [3.8, 4) is 6.07 Å². The molecule has 1 aromatic heterocycles. The molecule has 2 aromatic carbocycles. The third kappa shape index (κ3) is 5.12. The van der Waals surface area contributed by atoms with Gasteiger partial charge < -0.3 is 4.90 Å². The predicted molar refractivity (Wildman–Crippen MR) is 121 cm³/mol. The Bertz CT molecular complexity index is 1270. The zero-order chi connectivity index (χ0) is 23.4. The third-order valence-electron chi connectivity index (χ3n) is 5.64. The molecule has 0 saturated carbocycles. The number of amides is 1. The van der Waals surface area contributed by atoms with Gasteiger partial charge in [0.15, 0.2) is 5.78 Å². The number of pyridine rings is 1. The lowest BCUT2D eigenvalue weighted by Gasteiger charge is -2.18. The number of hydrogen-bond acceptors (Lipinski definition) is 4. The van der Waals surface area contributed by atoms with Crippen LogP contribution >= 0.6 is 0 Å². The van der Waals surface area contributed by atoms with Gasteiger partial charge in [-0.2, -0.15) is 5.26 Å². The Hall–Kier alpha value is -3.92. The highest BCUT2D eigenvalue weighted by Crippen LogP contribution is 2.32. The van der Waals surface area contributed by atoms with Crippen molar-refractivity contribution in [2.45, 2.75) is 31.2 Å². The minimum absolute atomic E-state index is 0.137. The number of rotatable bonds is 6. The molecule has 4 rings (SSSR count). The maximum atomic E-state index is 13.6. The fraction of sp³-hybridized carbons (Fsp3) is 0.231. The second-order valence-corrected chi connectivity index (χ2v) is 8.03. The van der Waals surface area contributed by atoms with Crippen LogP contribution in [0.4, 0.5) is 8.78 Å². The summed E-state index contributed by atoms with van der Waals surface area (Å²) in [6.07, 6.45) is 4.40. The monoisotopic (exact) mass is 445 g/mol. The molecule has 3 aromatic rings. The maximum absolute atomic E-state index is 13.6. The first-order valence-electron chi connectivity index (χ1n) is 10.6. The van der Waals surface area contributed by atoms with E-state index in [1.165, 1.54) is 6.20 Å². The van der Waals surface area contributed by atoms with Crippen LogP contribution in [0.25, 0.3) is 23.1 Å². The number of ketones is 1. The average Bonchev–Trinajstić information content (AvgIpc) is 3.15. The fourth-order valence-corrected chi connectivity index (χ4v) is 3.96. The molecular weight excluding hydrogens is 424 g/mol. The van der Waals surface area contributed by atoms with E-state index in [0.717, 1.165) is 16.0 Å². The second kappa shape index (κ2) is 9.29. The van der Waals surface area contributed by atoms with Crippen LogP contribution in [-0.4, -0.2) is 40.1 Å². The minimum atomic E-state index is -3.08. The quantitative estimate of drug-likeness (QED) is 0.390. The number of benzene rings is 2. The van der Waals surface area contributed by atoms with Gasteiger partial charge in [0.1, 0.15) is 6.04 Å². The largest absolute Gasteiger partial charge is 0.320 e. The molecule has 0 radical (unpaired) electrons. The van der Waals surface area contributed by atoms with Crippen LogP contribution < -0.4 is 0 Å². The van der Waals surface area contributed by atoms with Crippen LogP contribution in [0.15, 0.2) is 60.8 Å². The summed E-state index contributed by atoms with van der Waals surface area (Å²) in [6, 6.07) is 17.6. The minimum Gasteiger partial charge on any atom is -0.320 e. The van der Waals surface area contributed by atoms with Gasteiger partial charge >= 0.3 is 0 Å². The number of carbonyl (C=O) groups is 2. The summed E-state index contributed by atoms with van der Waals surface area (Å²) in [4.78, 5) is 30.5.